The van der Waals surface area contributed by atoms with Gasteiger partial charge in [0.1, 0.15) is 12.2 Å². The SMILES string of the molecule is Cc1ccc([C@H]2C[C@@H](OCc3ccccc3)[C@H](OCc3ccccc3)C(C(C)(C)O)O2)cc1Cc1ccc(CCCCO)cc1. The van der Waals surface area contributed by atoms with Gasteiger partial charge in [0.25, 0.3) is 0 Å². The van der Waals surface area contributed by atoms with E-state index in [9.17, 15) is 5.11 Å². The van der Waals surface area contributed by atoms with Crippen LogP contribution in [0.1, 0.15) is 78.2 Å². The predicted molar refractivity (Wildman–Crippen MR) is 179 cm³/mol. The van der Waals surface area contributed by atoms with Crippen molar-refractivity contribution in [2.24, 2.45) is 0 Å². The summed E-state index contributed by atoms with van der Waals surface area (Å²) in [5.41, 5.74) is 7.16. The Morgan fingerprint density at radius 1 is 0.756 bits per heavy atom. The van der Waals surface area contributed by atoms with Crippen LogP contribution >= 0.6 is 0 Å². The van der Waals surface area contributed by atoms with Crippen molar-refractivity contribution in [3.05, 3.63) is 142 Å². The largest absolute Gasteiger partial charge is 0.396 e. The van der Waals surface area contributed by atoms with Gasteiger partial charge in [0.05, 0.1) is 31.0 Å². The van der Waals surface area contributed by atoms with E-state index in [2.05, 4.69) is 61.5 Å². The first kappa shape index (κ1) is 33.1. The lowest BCUT2D eigenvalue weighted by atomic mass is 9.85. The first-order chi connectivity index (χ1) is 21.8. The molecule has 1 aliphatic heterocycles. The first-order valence-corrected chi connectivity index (χ1v) is 16.3. The van der Waals surface area contributed by atoms with Crippen molar-refractivity contribution in [1.82, 2.24) is 0 Å². The van der Waals surface area contributed by atoms with Crippen molar-refractivity contribution in [2.75, 3.05) is 6.61 Å². The standard InChI is InChI=1S/C40H48O5/c1-29-17-22-34(25-35(29)24-31-20-18-30(19-21-31)12-10-11-23-41)36-26-37(43-27-32-13-6-4-7-14-32)38(39(45-36)40(2,3)42)44-28-33-15-8-5-9-16-33/h4-9,13-22,25,36-39,41-42H,10-12,23-24,26-28H2,1-3H3/t36-,37-,38+,39?/m1/s1. The maximum atomic E-state index is 11.4. The van der Waals surface area contributed by atoms with Crippen molar-refractivity contribution in [3.63, 3.8) is 0 Å². The normalized spacial score (nSPS) is 20.3. The van der Waals surface area contributed by atoms with Gasteiger partial charge < -0.3 is 24.4 Å². The Labute approximate surface area is 268 Å². The molecule has 238 valence electrons. The highest BCUT2D eigenvalue weighted by Gasteiger charge is 2.47. The van der Waals surface area contributed by atoms with Gasteiger partial charge in [0.15, 0.2) is 0 Å². The zero-order valence-corrected chi connectivity index (χ0v) is 26.9. The van der Waals surface area contributed by atoms with Crippen LogP contribution in [0.2, 0.25) is 0 Å². The van der Waals surface area contributed by atoms with E-state index in [-0.39, 0.29) is 18.8 Å². The molecule has 0 spiro atoms. The number of hydrogen-bond donors (Lipinski definition) is 2. The molecule has 1 fully saturated rings. The lowest BCUT2D eigenvalue weighted by molar-refractivity contribution is -0.249. The molecule has 0 bridgehead atoms. The highest BCUT2D eigenvalue weighted by Crippen LogP contribution is 2.39. The van der Waals surface area contributed by atoms with Crippen molar-refractivity contribution < 1.29 is 24.4 Å². The Balaban J connectivity index is 1.37. The quantitative estimate of drug-likeness (QED) is 0.144. The van der Waals surface area contributed by atoms with Gasteiger partial charge in [-0.3, -0.25) is 0 Å². The van der Waals surface area contributed by atoms with Crippen LogP contribution in [0, 0.1) is 6.92 Å². The summed E-state index contributed by atoms with van der Waals surface area (Å²) < 4.78 is 19.9. The average Bonchev–Trinajstić information content (AvgIpc) is 3.05. The molecule has 4 atom stereocenters. The number of aryl methyl sites for hydroxylation is 2. The van der Waals surface area contributed by atoms with E-state index in [1.807, 2.05) is 48.5 Å². The van der Waals surface area contributed by atoms with Gasteiger partial charge in [-0.1, -0.05) is 103 Å². The molecule has 0 radical (unpaired) electrons. The topological polar surface area (TPSA) is 68.2 Å². The van der Waals surface area contributed by atoms with Crippen LogP contribution in [-0.2, 0) is 40.3 Å². The molecule has 5 nitrogen and oxygen atoms in total. The number of aliphatic hydroxyl groups excluding tert-OH is 1. The fourth-order valence-corrected chi connectivity index (χ4v) is 6.10. The van der Waals surface area contributed by atoms with E-state index < -0.39 is 17.8 Å². The molecule has 1 unspecified atom stereocenters. The summed E-state index contributed by atoms with van der Waals surface area (Å²) >= 11 is 0. The zero-order valence-electron chi connectivity index (χ0n) is 26.9. The number of aliphatic hydroxyl groups is 2. The second-order valence-corrected chi connectivity index (χ2v) is 12.9. The van der Waals surface area contributed by atoms with Crippen molar-refractivity contribution in [2.45, 2.75) is 96.1 Å². The lowest BCUT2D eigenvalue weighted by Crippen LogP contribution is -2.57. The van der Waals surface area contributed by atoms with Gasteiger partial charge in [-0.25, -0.2) is 0 Å². The lowest BCUT2D eigenvalue weighted by Gasteiger charge is -2.46. The van der Waals surface area contributed by atoms with Crippen molar-refractivity contribution in [1.29, 1.82) is 0 Å². The highest BCUT2D eigenvalue weighted by molar-refractivity contribution is 5.37. The predicted octanol–water partition coefficient (Wildman–Crippen LogP) is 7.67. The van der Waals surface area contributed by atoms with E-state index in [1.165, 1.54) is 22.3 Å². The Morgan fingerprint density at radius 3 is 2.00 bits per heavy atom. The average molecular weight is 609 g/mol. The highest BCUT2D eigenvalue weighted by atomic mass is 16.6. The summed E-state index contributed by atoms with van der Waals surface area (Å²) in [7, 11) is 0. The fraction of sp³-hybridized carbons (Fsp3) is 0.400. The molecule has 4 aromatic carbocycles. The maximum Gasteiger partial charge on any atom is 0.115 e. The number of hydrogen-bond acceptors (Lipinski definition) is 5. The third-order valence-corrected chi connectivity index (χ3v) is 8.75. The second kappa shape index (κ2) is 15.8. The number of ether oxygens (including phenoxy) is 3. The fourth-order valence-electron chi connectivity index (χ4n) is 6.10. The van der Waals surface area contributed by atoms with Crippen LogP contribution in [0.15, 0.2) is 103 Å². The smallest absolute Gasteiger partial charge is 0.115 e. The van der Waals surface area contributed by atoms with Gasteiger partial charge in [-0.15, -0.1) is 0 Å². The second-order valence-electron chi connectivity index (χ2n) is 12.9. The molecule has 4 aromatic rings. The zero-order chi connectivity index (χ0) is 31.6. The number of rotatable bonds is 14. The molecule has 0 amide bonds. The third-order valence-electron chi connectivity index (χ3n) is 8.75. The number of unbranched alkanes of at least 4 members (excludes halogenated alkanes) is 1. The van der Waals surface area contributed by atoms with E-state index >= 15 is 0 Å². The molecule has 5 heteroatoms. The molecular weight excluding hydrogens is 560 g/mol. The molecule has 5 rings (SSSR count). The Morgan fingerprint density at radius 2 is 1.38 bits per heavy atom. The molecule has 45 heavy (non-hydrogen) atoms. The minimum atomic E-state index is -1.15. The third kappa shape index (κ3) is 9.35. The summed E-state index contributed by atoms with van der Waals surface area (Å²) in [6, 6.07) is 35.7. The minimum Gasteiger partial charge on any atom is -0.396 e. The van der Waals surface area contributed by atoms with Crippen molar-refractivity contribution in [3.8, 4) is 0 Å². The van der Waals surface area contributed by atoms with Crippen LogP contribution in [0.5, 0.6) is 0 Å². The molecule has 0 aliphatic carbocycles. The molecule has 1 heterocycles. The van der Waals surface area contributed by atoms with Gasteiger partial charge >= 0.3 is 0 Å². The van der Waals surface area contributed by atoms with E-state index in [4.69, 9.17) is 19.3 Å². The summed E-state index contributed by atoms with van der Waals surface area (Å²) in [4.78, 5) is 0. The molecule has 0 aromatic heterocycles. The van der Waals surface area contributed by atoms with Crippen LogP contribution < -0.4 is 0 Å². The monoisotopic (exact) mass is 608 g/mol. The van der Waals surface area contributed by atoms with Gasteiger partial charge in [-0.05, 0) is 85.4 Å². The van der Waals surface area contributed by atoms with Gasteiger partial charge in [-0.2, -0.15) is 0 Å². The van der Waals surface area contributed by atoms with Crippen LogP contribution in [0.25, 0.3) is 0 Å². The van der Waals surface area contributed by atoms with E-state index in [0.29, 0.717) is 19.6 Å². The van der Waals surface area contributed by atoms with Crippen LogP contribution in [0.3, 0.4) is 0 Å². The van der Waals surface area contributed by atoms with Crippen molar-refractivity contribution >= 4 is 0 Å². The minimum absolute atomic E-state index is 0.246. The summed E-state index contributed by atoms with van der Waals surface area (Å²) in [6.45, 7) is 6.85. The molecule has 0 saturated carbocycles. The molecular formula is C40H48O5. The Bertz CT molecular complexity index is 1450. The van der Waals surface area contributed by atoms with E-state index in [1.54, 1.807) is 13.8 Å². The molecule has 2 N–H and O–H groups in total. The summed E-state index contributed by atoms with van der Waals surface area (Å²) in [5.74, 6) is 0. The van der Waals surface area contributed by atoms with Crippen LogP contribution in [-0.4, -0.2) is 40.7 Å². The maximum absolute atomic E-state index is 11.4. The Hall–Kier alpha value is -3.32. The summed E-state index contributed by atoms with van der Waals surface area (Å²) in [6.07, 6.45) is 2.68. The first-order valence-electron chi connectivity index (χ1n) is 16.3. The van der Waals surface area contributed by atoms with Gasteiger partial charge in [0.2, 0.25) is 0 Å². The van der Waals surface area contributed by atoms with Crippen LogP contribution in [0.4, 0.5) is 0 Å². The molecule has 1 saturated heterocycles. The van der Waals surface area contributed by atoms with E-state index in [0.717, 1.165) is 42.4 Å². The summed E-state index contributed by atoms with van der Waals surface area (Å²) in [5, 5.41) is 20.5. The number of benzene rings is 4. The molecule has 1 aliphatic rings. The Kier molecular flexibility index (Phi) is 11.6. The van der Waals surface area contributed by atoms with Gasteiger partial charge in [0, 0.05) is 13.0 Å².